The summed E-state index contributed by atoms with van der Waals surface area (Å²) in [6.07, 6.45) is 2.89. The zero-order chi connectivity index (χ0) is 18.4. The van der Waals surface area contributed by atoms with Crippen LogP contribution in [0.3, 0.4) is 0 Å². The number of anilines is 1. The normalized spacial score (nSPS) is 11.2. The van der Waals surface area contributed by atoms with Gasteiger partial charge in [0.15, 0.2) is 6.61 Å². The van der Waals surface area contributed by atoms with Gasteiger partial charge in [-0.05, 0) is 36.4 Å². The average molecular weight is 363 g/mol. The summed E-state index contributed by atoms with van der Waals surface area (Å²) in [5.41, 5.74) is 0.684. The standard InChI is InChI=1S/C16H17N3O5S/c1-19(2)25(22,23)14-5-3-13(4-6-14)18-15(20)11-24-16(21)12-7-9-17-10-8-12/h3-10H,11H2,1-2H3,(H,18,20). The van der Waals surface area contributed by atoms with E-state index < -0.39 is 28.5 Å². The van der Waals surface area contributed by atoms with Crippen molar-refractivity contribution in [3.8, 4) is 0 Å². The first-order chi connectivity index (χ1) is 11.8. The molecule has 25 heavy (non-hydrogen) atoms. The summed E-state index contributed by atoms with van der Waals surface area (Å²) < 4.78 is 29.9. The minimum absolute atomic E-state index is 0.111. The third kappa shape index (κ3) is 4.85. The van der Waals surface area contributed by atoms with E-state index in [9.17, 15) is 18.0 Å². The van der Waals surface area contributed by atoms with Gasteiger partial charge in [0.25, 0.3) is 5.91 Å². The molecule has 0 unspecified atom stereocenters. The molecule has 0 bridgehead atoms. The van der Waals surface area contributed by atoms with Crippen LogP contribution in [-0.2, 0) is 19.6 Å². The number of amides is 1. The van der Waals surface area contributed by atoms with Gasteiger partial charge in [0.2, 0.25) is 10.0 Å². The first kappa shape index (κ1) is 18.6. The molecule has 0 atom stereocenters. The highest BCUT2D eigenvalue weighted by atomic mass is 32.2. The van der Waals surface area contributed by atoms with Crippen LogP contribution in [0.25, 0.3) is 0 Å². The van der Waals surface area contributed by atoms with Crippen LogP contribution in [0, 0.1) is 0 Å². The topological polar surface area (TPSA) is 106 Å². The Kier molecular flexibility index (Phi) is 5.84. The number of rotatable bonds is 6. The van der Waals surface area contributed by atoms with E-state index in [2.05, 4.69) is 10.3 Å². The van der Waals surface area contributed by atoms with Gasteiger partial charge in [0.1, 0.15) is 0 Å². The molecule has 0 radical (unpaired) electrons. The molecule has 1 aromatic carbocycles. The monoisotopic (exact) mass is 363 g/mol. The van der Waals surface area contributed by atoms with Gasteiger partial charge >= 0.3 is 5.97 Å². The average Bonchev–Trinajstić information content (AvgIpc) is 2.60. The molecule has 1 N–H and O–H groups in total. The Hall–Kier alpha value is -2.78. The van der Waals surface area contributed by atoms with E-state index in [1.165, 1.54) is 62.9 Å². The molecule has 0 aliphatic heterocycles. The maximum atomic E-state index is 12.0. The lowest BCUT2D eigenvalue weighted by atomic mass is 10.3. The number of ether oxygens (including phenoxy) is 1. The Balaban J connectivity index is 1.92. The summed E-state index contributed by atoms with van der Waals surface area (Å²) in [6, 6.07) is 8.63. The number of carbonyl (C=O) groups is 2. The smallest absolute Gasteiger partial charge is 0.338 e. The van der Waals surface area contributed by atoms with E-state index >= 15 is 0 Å². The summed E-state index contributed by atoms with van der Waals surface area (Å²) >= 11 is 0. The van der Waals surface area contributed by atoms with Crippen molar-refractivity contribution < 1.29 is 22.7 Å². The van der Waals surface area contributed by atoms with Crippen LogP contribution in [0.15, 0.2) is 53.7 Å². The highest BCUT2D eigenvalue weighted by Gasteiger charge is 2.17. The van der Waals surface area contributed by atoms with Crippen LogP contribution in [0.2, 0.25) is 0 Å². The number of benzene rings is 1. The molecular formula is C16H17N3O5S. The van der Waals surface area contributed by atoms with Crippen LogP contribution in [0.4, 0.5) is 5.69 Å². The van der Waals surface area contributed by atoms with Gasteiger partial charge in [-0.1, -0.05) is 0 Å². The summed E-state index contributed by atoms with van der Waals surface area (Å²) in [5.74, 6) is -1.17. The number of hydrogen-bond acceptors (Lipinski definition) is 6. The van der Waals surface area contributed by atoms with E-state index in [0.717, 1.165) is 4.31 Å². The molecule has 0 spiro atoms. The summed E-state index contributed by atoms with van der Waals surface area (Å²) in [5, 5.41) is 2.52. The minimum Gasteiger partial charge on any atom is -0.452 e. The first-order valence-corrected chi connectivity index (χ1v) is 8.64. The van der Waals surface area contributed by atoms with Gasteiger partial charge < -0.3 is 10.1 Å². The van der Waals surface area contributed by atoms with Crippen molar-refractivity contribution in [2.45, 2.75) is 4.90 Å². The summed E-state index contributed by atoms with van der Waals surface area (Å²) in [4.78, 5) is 27.4. The van der Waals surface area contributed by atoms with Crippen LogP contribution in [0.5, 0.6) is 0 Å². The number of aromatic nitrogens is 1. The molecule has 1 amide bonds. The van der Waals surface area contributed by atoms with Gasteiger partial charge in [-0.3, -0.25) is 9.78 Å². The molecule has 1 heterocycles. The number of sulfonamides is 1. The third-order valence-corrected chi connectivity index (χ3v) is 5.00. The van der Waals surface area contributed by atoms with E-state index in [4.69, 9.17) is 4.74 Å². The highest BCUT2D eigenvalue weighted by Crippen LogP contribution is 2.16. The zero-order valence-corrected chi connectivity index (χ0v) is 14.5. The molecule has 0 saturated carbocycles. The lowest BCUT2D eigenvalue weighted by Crippen LogP contribution is -2.22. The SMILES string of the molecule is CN(C)S(=O)(=O)c1ccc(NC(=O)COC(=O)c2ccncc2)cc1. The fourth-order valence-corrected chi connectivity index (χ4v) is 2.72. The maximum absolute atomic E-state index is 12.0. The Morgan fingerprint density at radius 1 is 1.08 bits per heavy atom. The Morgan fingerprint density at radius 3 is 2.24 bits per heavy atom. The molecule has 0 fully saturated rings. The van der Waals surface area contributed by atoms with Gasteiger partial charge in [-0.2, -0.15) is 0 Å². The molecule has 0 aliphatic carbocycles. The number of nitrogens with one attached hydrogen (secondary N) is 1. The van der Waals surface area contributed by atoms with Gasteiger partial charge in [0.05, 0.1) is 10.5 Å². The second-order valence-corrected chi connectivity index (χ2v) is 7.32. The number of nitrogens with zero attached hydrogens (tertiary/aromatic N) is 2. The Labute approximate surface area is 145 Å². The molecule has 8 nitrogen and oxygen atoms in total. The number of esters is 1. The van der Waals surface area contributed by atoms with Gasteiger partial charge in [-0.25, -0.2) is 17.5 Å². The number of carbonyl (C=O) groups excluding carboxylic acids is 2. The van der Waals surface area contributed by atoms with E-state index in [1.54, 1.807) is 0 Å². The lowest BCUT2D eigenvalue weighted by Gasteiger charge is -2.12. The largest absolute Gasteiger partial charge is 0.452 e. The molecule has 0 saturated heterocycles. The Bertz CT molecular complexity index is 849. The lowest BCUT2D eigenvalue weighted by molar-refractivity contribution is -0.119. The predicted molar refractivity (Wildman–Crippen MR) is 90.5 cm³/mol. The molecule has 2 aromatic rings. The zero-order valence-electron chi connectivity index (χ0n) is 13.7. The molecule has 132 valence electrons. The summed E-state index contributed by atoms with van der Waals surface area (Å²) in [7, 11) is -0.663. The van der Waals surface area contributed by atoms with Crippen molar-refractivity contribution in [1.82, 2.24) is 9.29 Å². The number of pyridine rings is 1. The number of hydrogen-bond donors (Lipinski definition) is 1. The molecule has 9 heteroatoms. The van der Waals surface area contributed by atoms with Crippen molar-refractivity contribution in [3.63, 3.8) is 0 Å². The van der Waals surface area contributed by atoms with E-state index in [0.29, 0.717) is 11.3 Å². The molecular weight excluding hydrogens is 346 g/mol. The maximum Gasteiger partial charge on any atom is 0.338 e. The van der Waals surface area contributed by atoms with Crippen molar-refractivity contribution >= 4 is 27.6 Å². The van der Waals surface area contributed by atoms with Gasteiger partial charge in [-0.15, -0.1) is 0 Å². The highest BCUT2D eigenvalue weighted by molar-refractivity contribution is 7.89. The first-order valence-electron chi connectivity index (χ1n) is 7.20. The third-order valence-electron chi connectivity index (χ3n) is 3.17. The van der Waals surface area contributed by atoms with Crippen molar-refractivity contribution in [2.24, 2.45) is 0 Å². The van der Waals surface area contributed by atoms with Crippen LogP contribution >= 0.6 is 0 Å². The Morgan fingerprint density at radius 2 is 1.68 bits per heavy atom. The quantitative estimate of drug-likeness (QED) is 0.771. The van der Waals surface area contributed by atoms with Crippen LogP contribution < -0.4 is 5.32 Å². The predicted octanol–water partition coefficient (Wildman–Crippen LogP) is 1.13. The van der Waals surface area contributed by atoms with Crippen molar-refractivity contribution in [3.05, 3.63) is 54.4 Å². The molecule has 2 rings (SSSR count). The van der Waals surface area contributed by atoms with Crippen LogP contribution in [0.1, 0.15) is 10.4 Å². The summed E-state index contributed by atoms with van der Waals surface area (Å²) in [6.45, 7) is -0.459. The van der Waals surface area contributed by atoms with Crippen molar-refractivity contribution in [2.75, 3.05) is 26.0 Å². The van der Waals surface area contributed by atoms with Crippen molar-refractivity contribution in [1.29, 1.82) is 0 Å². The minimum atomic E-state index is -3.53. The van der Waals surface area contributed by atoms with Gasteiger partial charge in [0, 0.05) is 32.2 Å². The van der Waals surface area contributed by atoms with E-state index in [-0.39, 0.29) is 4.90 Å². The fourth-order valence-electron chi connectivity index (χ4n) is 1.82. The fraction of sp³-hybridized carbons (Fsp3) is 0.188. The molecule has 0 aliphatic rings. The van der Waals surface area contributed by atoms with Crippen LogP contribution in [-0.4, -0.2) is 50.3 Å². The van der Waals surface area contributed by atoms with E-state index in [1.807, 2.05) is 0 Å². The molecule has 1 aromatic heterocycles. The second-order valence-electron chi connectivity index (χ2n) is 5.17. The second kappa shape index (κ2) is 7.86.